The molecule has 0 atom stereocenters. The van der Waals surface area contributed by atoms with Crippen LogP contribution >= 0.6 is 12.4 Å². The zero-order valence-corrected chi connectivity index (χ0v) is 15.4. The van der Waals surface area contributed by atoms with Gasteiger partial charge in [0.2, 0.25) is 0 Å². The summed E-state index contributed by atoms with van der Waals surface area (Å²) in [6.45, 7) is 2.63. The quantitative estimate of drug-likeness (QED) is 0.855. The highest BCUT2D eigenvalue weighted by atomic mass is 35.5. The van der Waals surface area contributed by atoms with E-state index in [1.165, 1.54) is 0 Å². The van der Waals surface area contributed by atoms with Crippen molar-refractivity contribution in [1.29, 1.82) is 0 Å². The van der Waals surface area contributed by atoms with Crippen LogP contribution in [0.4, 0.5) is 0 Å². The van der Waals surface area contributed by atoms with Crippen molar-refractivity contribution in [3.8, 4) is 17.0 Å². The average molecular weight is 365 g/mol. The number of piperidine rings is 1. The Morgan fingerprint density at radius 1 is 1.32 bits per heavy atom. The fourth-order valence-electron chi connectivity index (χ4n) is 3.23. The smallest absolute Gasteiger partial charge is 0.257 e. The number of carbonyl (C=O) groups is 1. The Labute approximate surface area is 154 Å². The molecule has 0 spiro atoms. The van der Waals surface area contributed by atoms with Crippen LogP contribution in [-0.2, 0) is 0 Å². The van der Waals surface area contributed by atoms with E-state index in [0.717, 1.165) is 49.5 Å². The number of hydrogen-bond donors (Lipinski definition) is 2. The topological polar surface area (TPSA) is 70.2 Å². The summed E-state index contributed by atoms with van der Waals surface area (Å²) < 4.78 is 5.18. The van der Waals surface area contributed by atoms with E-state index in [0.29, 0.717) is 11.5 Å². The van der Waals surface area contributed by atoms with Gasteiger partial charge in [-0.05, 0) is 56.6 Å². The highest BCUT2D eigenvalue weighted by molar-refractivity contribution is 5.99. The van der Waals surface area contributed by atoms with Gasteiger partial charge in [-0.15, -0.1) is 12.4 Å². The number of aromatic nitrogens is 2. The second-order valence-electron chi connectivity index (χ2n) is 6.18. The normalized spacial score (nSPS) is 14.9. The minimum absolute atomic E-state index is 0. The van der Waals surface area contributed by atoms with Crippen molar-refractivity contribution < 1.29 is 9.53 Å². The van der Waals surface area contributed by atoms with Crippen LogP contribution in [0.25, 0.3) is 11.3 Å². The number of carbonyl (C=O) groups excluding carboxylic acids is 1. The summed E-state index contributed by atoms with van der Waals surface area (Å²) in [6.07, 6.45) is 3.71. The van der Waals surface area contributed by atoms with Crippen LogP contribution in [0.2, 0.25) is 0 Å². The van der Waals surface area contributed by atoms with Crippen molar-refractivity contribution in [3.63, 3.8) is 0 Å². The fourth-order valence-corrected chi connectivity index (χ4v) is 3.23. The molecule has 136 valence electrons. The molecule has 1 saturated heterocycles. The first-order chi connectivity index (χ1) is 11.7. The zero-order valence-electron chi connectivity index (χ0n) is 14.6. The molecule has 1 fully saturated rings. The van der Waals surface area contributed by atoms with Crippen LogP contribution < -0.4 is 10.1 Å². The summed E-state index contributed by atoms with van der Waals surface area (Å²) in [5.41, 5.74) is 2.33. The third-order valence-corrected chi connectivity index (χ3v) is 4.64. The molecular formula is C18H25ClN4O2. The van der Waals surface area contributed by atoms with E-state index in [9.17, 15) is 4.79 Å². The van der Waals surface area contributed by atoms with E-state index >= 15 is 0 Å². The number of rotatable bonds is 5. The lowest BCUT2D eigenvalue weighted by Gasteiger charge is -2.31. The molecule has 2 N–H and O–H groups in total. The van der Waals surface area contributed by atoms with Gasteiger partial charge in [0.1, 0.15) is 5.75 Å². The minimum atomic E-state index is 0. The van der Waals surface area contributed by atoms with E-state index in [-0.39, 0.29) is 18.3 Å². The summed E-state index contributed by atoms with van der Waals surface area (Å²) in [6, 6.07) is 7.63. The Bertz CT molecular complexity index is 679. The van der Waals surface area contributed by atoms with Gasteiger partial charge in [0.15, 0.2) is 0 Å². The molecule has 0 saturated carbocycles. The van der Waals surface area contributed by atoms with Crippen molar-refractivity contribution in [2.24, 2.45) is 5.92 Å². The standard InChI is InChI=1S/C18H24N4O2.ClH/c1-19-11-13-7-9-22(10-8-13)18(23)16-12-20-21-17(16)14-3-5-15(24-2)6-4-14;/h3-6,12-13,19H,7-11H2,1-2H3,(H,20,21);1H. The Hall–Kier alpha value is -2.05. The molecule has 1 aliphatic heterocycles. The average Bonchev–Trinajstić information content (AvgIpc) is 3.12. The first-order valence-corrected chi connectivity index (χ1v) is 8.34. The van der Waals surface area contributed by atoms with Crippen LogP contribution in [0.15, 0.2) is 30.5 Å². The van der Waals surface area contributed by atoms with Crippen molar-refractivity contribution in [2.75, 3.05) is 33.8 Å². The monoisotopic (exact) mass is 364 g/mol. The van der Waals surface area contributed by atoms with Crippen LogP contribution in [0, 0.1) is 5.92 Å². The van der Waals surface area contributed by atoms with Crippen LogP contribution in [0.5, 0.6) is 5.75 Å². The van der Waals surface area contributed by atoms with E-state index in [2.05, 4.69) is 15.5 Å². The van der Waals surface area contributed by atoms with Gasteiger partial charge in [-0.2, -0.15) is 5.10 Å². The molecule has 25 heavy (non-hydrogen) atoms. The van der Waals surface area contributed by atoms with Gasteiger partial charge in [-0.3, -0.25) is 9.89 Å². The van der Waals surface area contributed by atoms with Gasteiger partial charge in [0.05, 0.1) is 24.6 Å². The Balaban J connectivity index is 0.00000225. The van der Waals surface area contributed by atoms with Gasteiger partial charge >= 0.3 is 0 Å². The predicted octanol–water partition coefficient (Wildman–Crippen LogP) is 2.58. The number of nitrogens with zero attached hydrogens (tertiary/aromatic N) is 2. The lowest BCUT2D eigenvalue weighted by atomic mass is 9.96. The zero-order chi connectivity index (χ0) is 16.9. The predicted molar refractivity (Wildman–Crippen MR) is 100 cm³/mol. The second-order valence-corrected chi connectivity index (χ2v) is 6.18. The van der Waals surface area contributed by atoms with Gasteiger partial charge < -0.3 is 15.0 Å². The molecule has 2 heterocycles. The van der Waals surface area contributed by atoms with E-state index < -0.39 is 0 Å². The molecule has 1 aromatic carbocycles. The number of methoxy groups -OCH3 is 1. The fraction of sp³-hybridized carbons (Fsp3) is 0.444. The Morgan fingerprint density at radius 2 is 2.00 bits per heavy atom. The van der Waals surface area contributed by atoms with Crippen molar-refractivity contribution in [1.82, 2.24) is 20.4 Å². The van der Waals surface area contributed by atoms with Gasteiger partial charge in [-0.25, -0.2) is 0 Å². The molecule has 0 bridgehead atoms. The van der Waals surface area contributed by atoms with Crippen LogP contribution in [0.3, 0.4) is 0 Å². The van der Waals surface area contributed by atoms with E-state index in [1.807, 2.05) is 36.2 Å². The molecule has 3 rings (SSSR count). The lowest BCUT2D eigenvalue weighted by molar-refractivity contribution is 0.0692. The molecule has 6 nitrogen and oxygen atoms in total. The highest BCUT2D eigenvalue weighted by Gasteiger charge is 2.26. The molecular weight excluding hydrogens is 340 g/mol. The van der Waals surface area contributed by atoms with E-state index in [1.54, 1.807) is 13.3 Å². The van der Waals surface area contributed by atoms with E-state index in [4.69, 9.17) is 4.74 Å². The highest BCUT2D eigenvalue weighted by Crippen LogP contribution is 2.26. The summed E-state index contributed by atoms with van der Waals surface area (Å²) in [4.78, 5) is 14.8. The molecule has 1 aliphatic rings. The Kier molecular flexibility index (Phi) is 6.84. The third kappa shape index (κ3) is 4.32. The first kappa shape index (κ1) is 19.3. The third-order valence-electron chi connectivity index (χ3n) is 4.64. The number of H-pyrrole nitrogens is 1. The number of ether oxygens (including phenoxy) is 1. The summed E-state index contributed by atoms with van der Waals surface area (Å²) in [7, 11) is 3.61. The number of nitrogens with one attached hydrogen (secondary N) is 2. The number of hydrogen-bond acceptors (Lipinski definition) is 4. The SMILES string of the molecule is CNCC1CCN(C(=O)c2cn[nH]c2-c2ccc(OC)cc2)CC1.Cl. The number of amides is 1. The molecule has 1 aromatic heterocycles. The van der Waals surface area contributed by atoms with Gasteiger partial charge in [0, 0.05) is 18.7 Å². The number of benzene rings is 1. The summed E-state index contributed by atoms with van der Waals surface area (Å²) in [5, 5.41) is 10.3. The molecule has 1 amide bonds. The maximum atomic E-state index is 12.9. The largest absolute Gasteiger partial charge is 0.497 e. The van der Waals surface area contributed by atoms with Crippen LogP contribution in [0.1, 0.15) is 23.2 Å². The maximum absolute atomic E-state index is 12.9. The molecule has 7 heteroatoms. The summed E-state index contributed by atoms with van der Waals surface area (Å²) in [5.74, 6) is 1.50. The molecule has 0 unspecified atom stereocenters. The van der Waals surface area contributed by atoms with Gasteiger partial charge in [-0.1, -0.05) is 0 Å². The van der Waals surface area contributed by atoms with Gasteiger partial charge in [0.25, 0.3) is 5.91 Å². The number of halogens is 1. The van der Waals surface area contributed by atoms with Crippen molar-refractivity contribution in [3.05, 3.63) is 36.0 Å². The van der Waals surface area contributed by atoms with Crippen molar-refractivity contribution >= 4 is 18.3 Å². The lowest BCUT2D eigenvalue weighted by Crippen LogP contribution is -2.40. The van der Waals surface area contributed by atoms with Crippen LogP contribution in [-0.4, -0.2) is 54.8 Å². The number of aromatic amines is 1. The summed E-state index contributed by atoms with van der Waals surface area (Å²) >= 11 is 0. The number of likely N-dealkylation sites (tertiary alicyclic amines) is 1. The molecule has 0 radical (unpaired) electrons. The second kappa shape index (κ2) is 8.87. The minimum Gasteiger partial charge on any atom is -0.497 e. The first-order valence-electron chi connectivity index (χ1n) is 8.34. The Morgan fingerprint density at radius 3 is 2.60 bits per heavy atom. The molecule has 0 aliphatic carbocycles. The van der Waals surface area contributed by atoms with Crippen molar-refractivity contribution in [2.45, 2.75) is 12.8 Å². The molecule has 2 aromatic rings. The maximum Gasteiger partial charge on any atom is 0.257 e.